The minimum absolute atomic E-state index is 0.344. The largest absolute Gasteiger partial charge is 0.481 e. The highest BCUT2D eigenvalue weighted by molar-refractivity contribution is 7.45. The molecule has 0 aliphatic rings. The maximum atomic E-state index is 10.3. The molecule has 13 heteroatoms. The second kappa shape index (κ2) is 21.7. The Balaban J connectivity index is -0.000000443. The third-order valence-electron chi connectivity index (χ3n) is 3.80. The number of hydrogen-bond donors (Lipinski definition) is 8. The van der Waals surface area contributed by atoms with Crippen molar-refractivity contribution in [1.29, 1.82) is 0 Å². The number of carboxylic acid groups (broad SMARTS) is 3. The van der Waals surface area contributed by atoms with Gasteiger partial charge in [0.2, 0.25) is 0 Å². The van der Waals surface area contributed by atoms with Crippen LogP contribution in [-0.4, -0.2) is 70.3 Å². The Morgan fingerprint density at radius 2 is 0.903 bits per heavy atom. The third-order valence-corrected chi connectivity index (χ3v) is 3.80. The van der Waals surface area contributed by atoms with Crippen molar-refractivity contribution >= 4 is 25.7 Å². The molecular formula is C18H37O12P. The van der Waals surface area contributed by atoms with Gasteiger partial charge in [-0.05, 0) is 6.42 Å². The molecule has 0 saturated heterocycles. The molecule has 0 saturated carbocycles. The van der Waals surface area contributed by atoms with Crippen LogP contribution < -0.4 is 0 Å². The maximum Gasteiger partial charge on any atom is 0.466 e. The predicted molar refractivity (Wildman–Crippen MR) is 110 cm³/mol. The molecule has 0 rings (SSSR count). The van der Waals surface area contributed by atoms with Gasteiger partial charge in [-0.25, -0.2) is 14.2 Å². The first kappa shape index (κ1) is 34.1. The molecule has 12 nitrogen and oxygen atoms in total. The van der Waals surface area contributed by atoms with E-state index < -0.39 is 37.9 Å². The van der Waals surface area contributed by atoms with E-state index in [0.717, 1.165) is 12.8 Å². The fourth-order valence-corrected chi connectivity index (χ4v) is 2.21. The fourth-order valence-electron chi connectivity index (χ4n) is 2.21. The first-order valence-corrected chi connectivity index (χ1v) is 11.6. The summed E-state index contributed by atoms with van der Waals surface area (Å²) >= 11 is 0. The molecule has 0 aromatic carbocycles. The summed E-state index contributed by atoms with van der Waals surface area (Å²) in [5.41, 5.74) is 0. The maximum absolute atomic E-state index is 10.3. The summed E-state index contributed by atoms with van der Waals surface area (Å²) in [5, 5.41) is 41.0. The lowest BCUT2D eigenvalue weighted by molar-refractivity contribution is -0.165. The highest BCUT2D eigenvalue weighted by Crippen LogP contribution is 2.25. The van der Waals surface area contributed by atoms with Crippen LogP contribution in [0.2, 0.25) is 0 Å². The monoisotopic (exact) mass is 476 g/mol. The minimum Gasteiger partial charge on any atom is -0.481 e. The van der Waals surface area contributed by atoms with Gasteiger partial charge in [0.15, 0.2) is 12.2 Å². The Morgan fingerprint density at radius 3 is 1.13 bits per heavy atom. The average molecular weight is 476 g/mol. The van der Waals surface area contributed by atoms with Crippen LogP contribution in [0, 0.1) is 0 Å². The van der Waals surface area contributed by atoms with Gasteiger partial charge in [-0.1, -0.05) is 71.1 Å². The zero-order valence-corrected chi connectivity index (χ0v) is 18.7. The molecule has 186 valence electrons. The van der Waals surface area contributed by atoms with Crippen LogP contribution in [0.4, 0.5) is 0 Å². The van der Waals surface area contributed by atoms with Gasteiger partial charge in [-0.15, -0.1) is 0 Å². The first-order chi connectivity index (χ1) is 14.2. The van der Waals surface area contributed by atoms with E-state index in [4.69, 9.17) is 44.8 Å². The SMILES string of the molecule is CCCCCCCCCCCCCC(=O)O.O=C(O)C(O)C(O)C(=O)O.O=P(O)(O)O. The Kier molecular flexibility index (Phi) is 23.8. The summed E-state index contributed by atoms with van der Waals surface area (Å²) in [4.78, 5) is 51.4. The van der Waals surface area contributed by atoms with E-state index in [2.05, 4.69) is 6.92 Å². The molecular weight excluding hydrogens is 439 g/mol. The highest BCUT2D eigenvalue weighted by atomic mass is 31.2. The molecule has 0 bridgehead atoms. The van der Waals surface area contributed by atoms with Crippen molar-refractivity contribution in [2.45, 2.75) is 96.2 Å². The molecule has 31 heavy (non-hydrogen) atoms. The van der Waals surface area contributed by atoms with Crippen LogP contribution in [0.5, 0.6) is 0 Å². The lowest BCUT2D eigenvalue weighted by Gasteiger charge is -2.07. The van der Waals surface area contributed by atoms with Crippen molar-refractivity contribution in [3.63, 3.8) is 0 Å². The van der Waals surface area contributed by atoms with E-state index in [1.807, 2.05) is 0 Å². The molecule has 8 N–H and O–H groups in total. The van der Waals surface area contributed by atoms with Crippen LogP contribution in [0.1, 0.15) is 84.0 Å². The zero-order valence-electron chi connectivity index (χ0n) is 17.8. The topological polar surface area (TPSA) is 230 Å². The smallest absolute Gasteiger partial charge is 0.466 e. The molecule has 0 heterocycles. The second-order valence-electron chi connectivity index (χ2n) is 6.76. The Labute approximate surface area is 181 Å². The van der Waals surface area contributed by atoms with Gasteiger partial charge in [0.05, 0.1) is 0 Å². The van der Waals surface area contributed by atoms with Crippen molar-refractivity contribution in [1.82, 2.24) is 0 Å². The summed E-state index contributed by atoms with van der Waals surface area (Å²) < 4.78 is 8.88. The molecule has 0 aliphatic heterocycles. The molecule has 0 aromatic heterocycles. The van der Waals surface area contributed by atoms with Crippen molar-refractivity contribution in [2.24, 2.45) is 0 Å². The summed E-state index contributed by atoms with van der Waals surface area (Å²) in [5.74, 6) is -4.19. The van der Waals surface area contributed by atoms with Gasteiger partial charge >= 0.3 is 25.7 Å². The number of unbranched alkanes of at least 4 members (excludes halogenated alkanes) is 10. The minimum atomic E-state index is -4.64. The number of aliphatic hydroxyl groups is 2. The van der Waals surface area contributed by atoms with Crippen molar-refractivity contribution in [3.05, 3.63) is 0 Å². The van der Waals surface area contributed by atoms with E-state index in [0.29, 0.717) is 6.42 Å². The lowest BCUT2D eigenvalue weighted by atomic mass is 10.1. The number of hydrogen-bond acceptors (Lipinski definition) is 6. The lowest BCUT2D eigenvalue weighted by Crippen LogP contribution is -2.39. The van der Waals surface area contributed by atoms with E-state index in [1.165, 1.54) is 57.8 Å². The molecule has 0 aromatic rings. The van der Waals surface area contributed by atoms with Crippen LogP contribution in [0.25, 0.3) is 0 Å². The van der Waals surface area contributed by atoms with Crippen LogP contribution in [0.15, 0.2) is 0 Å². The van der Waals surface area contributed by atoms with Crippen molar-refractivity contribution in [3.8, 4) is 0 Å². The van der Waals surface area contributed by atoms with E-state index in [9.17, 15) is 14.4 Å². The normalized spacial score (nSPS) is 12.5. The Morgan fingerprint density at radius 1 is 0.645 bits per heavy atom. The quantitative estimate of drug-likeness (QED) is 0.125. The van der Waals surface area contributed by atoms with Gasteiger partial charge in [0.25, 0.3) is 0 Å². The number of phosphoric acid groups is 1. The van der Waals surface area contributed by atoms with Crippen molar-refractivity contribution in [2.75, 3.05) is 0 Å². The summed E-state index contributed by atoms with van der Waals surface area (Å²) in [6.45, 7) is 2.25. The van der Waals surface area contributed by atoms with Crippen molar-refractivity contribution < 1.29 is 59.2 Å². The predicted octanol–water partition coefficient (Wildman–Crippen LogP) is 1.72. The molecule has 0 radical (unpaired) electrons. The second-order valence-corrected chi connectivity index (χ2v) is 7.79. The number of rotatable bonds is 15. The molecule has 2 unspecified atom stereocenters. The average Bonchev–Trinajstić information content (AvgIpc) is 2.63. The molecule has 2 atom stereocenters. The van der Waals surface area contributed by atoms with Crippen LogP contribution in [0.3, 0.4) is 0 Å². The van der Waals surface area contributed by atoms with E-state index >= 15 is 0 Å². The Bertz CT molecular complexity index is 493. The third kappa shape index (κ3) is 36.2. The van der Waals surface area contributed by atoms with Gasteiger partial charge < -0.3 is 40.2 Å². The van der Waals surface area contributed by atoms with Crippen LogP contribution >= 0.6 is 7.82 Å². The standard InChI is InChI=1S/C14H28O2.C4H6O6.H3O4P/c1-2-3-4-5-6-7-8-9-10-11-12-13-14(15)16;5-1(3(7)8)2(6)4(9)10;1-5(2,3)4/h2-13H2,1H3,(H,15,16);1-2,5-6H,(H,7,8)(H,9,10);(H3,1,2,3,4). The van der Waals surface area contributed by atoms with E-state index in [1.54, 1.807) is 0 Å². The van der Waals surface area contributed by atoms with Crippen LogP contribution in [-0.2, 0) is 18.9 Å². The summed E-state index contributed by atoms with van der Waals surface area (Å²) in [6, 6.07) is 0. The summed E-state index contributed by atoms with van der Waals surface area (Å²) in [6.07, 6.45) is 9.83. The number of carbonyl (C=O) groups is 3. The van der Waals surface area contributed by atoms with E-state index in [-0.39, 0.29) is 0 Å². The molecule has 0 spiro atoms. The number of aliphatic carboxylic acids is 3. The first-order valence-electron chi connectivity index (χ1n) is 10.1. The Hall–Kier alpha value is -1.56. The zero-order chi connectivity index (χ0) is 24.9. The number of aliphatic hydroxyl groups excluding tert-OH is 2. The van der Waals surface area contributed by atoms with Gasteiger partial charge in [0, 0.05) is 6.42 Å². The molecule has 0 aliphatic carbocycles. The fraction of sp³-hybridized carbons (Fsp3) is 0.833. The van der Waals surface area contributed by atoms with Gasteiger partial charge in [-0.3, -0.25) is 4.79 Å². The highest BCUT2D eigenvalue weighted by Gasteiger charge is 2.29. The summed E-state index contributed by atoms with van der Waals surface area (Å²) in [7, 11) is -4.64. The number of carboxylic acids is 3. The van der Waals surface area contributed by atoms with Gasteiger partial charge in [0.1, 0.15) is 0 Å². The molecule has 0 amide bonds. The van der Waals surface area contributed by atoms with Gasteiger partial charge in [-0.2, -0.15) is 0 Å². The molecule has 0 fully saturated rings.